The number of aromatic nitrogens is 2. The van der Waals surface area contributed by atoms with Crippen molar-refractivity contribution in [2.24, 2.45) is 0 Å². The van der Waals surface area contributed by atoms with Crippen LogP contribution in [-0.4, -0.2) is 35.8 Å². The summed E-state index contributed by atoms with van der Waals surface area (Å²) in [5.74, 6) is 0.135. The van der Waals surface area contributed by atoms with E-state index < -0.39 is 10.0 Å². The monoisotopic (exact) mass is 317 g/mol. The van der Waals surface area contributed by atoms with Gasteiger partial charge >= 0.3 is 0 Å². The lowest BCUT2D eigenvalue weighted by Crippen LogP contribution is -2.39. The molecule has 5 nitrogen and oxygen atoms in total. The van der Waals surface area contributed by atoms with Crippen LogP contribution in [0.3, 0.4) is 0 Å². The van der Waals surface area contributed by atoms with Crippen molar-refractivity contribution < 1.29 is 8.42 Å². The Balaban J connectivity index is 1.87. The number of piperidine rings is 1. The second-order valence-electron chi connectivity index (χ2n) is 5.60. The topological polar surface area (TPSA) is 63.2 Å². The lowest BCUT2D eigenvalue weighted by atomic mass is 9.96. The van der Waals surface area contributed by atoms with E-state index in [0.29, 0.717) is 18.0 Å². The Morgan fingerprint density at radius 2 is 2.05 bits per heavy atom. The van der Waals surface area contributed by atoms with Gasteiger partial charge in [-0.2, -0.15) is 4.31 Å². The highest BCUT2D eigenvalue weighted by molar-refractivity contribution is 7.89. The Hall–Kier alpha value is -1.79. The predicted octanol–water partition coefficient (Wildman–Crippen LogP) is 2.35. The van der Waals surface area contributed by atoms with E-state index in [4.69, 9.17) is 0 Å². The molecule has 0 amide bonds. The van der Waals surface area contributed by atoms with E-state index in [-0.39, 0.29) is 5.92 Å². The van der Waals surface area contributed by atoms with Crippen molar-refractivity contribution in [3.05, 3.63) is 54.1 Å². The Morgan fingerprint density at radius 3 is 2.77 bits per heavy atom. The minimum Gasteiger partial charge on any atom is -0.245 e. The van der Waals surface area contributed by atoms with Crippen molar-refractivity contribution in [3.63, 3.8) is 0 Å². The summed E-state index contributed by atoms with van der Waals surface area (Å²) >= 11 is 0. The zero-order chi connectivity index (χ0) is 15.6. The van der Waals surface area contributed by atoms with Crippen LogP contribution < -0.4 is 0 Å². The lowest BCUT2D eigenvalue weighted by molar-refractivity contribution is 0.312. The molecule has 2 aromatic rings. The van der Waals surface area contributed by atoms with Gasteiger partial charge in [0.15, 0.2) is 0 Å². The summed E-state index contributed by atoms with van der Waals surface area (Å²) in [4.78, 5) is 8.60. The van der Waals surface area contributed by atoms with Gasteiger partial charge in [-0.15, -0.1) is 0 Å². The van der Waals surface area contributed by atoms with Gasteiger partial charge in [-0.05, 0) is 37.5 Å². The standard InChI is InChI=1S/C16H19N3O2S/c1-13-5-2-3-7-16(13)22(20,21)19-10-4-6-14(11-19)15-8-9-17-12-18-15/h2-3,5,7-9,12,14H,4,6,10-11H2,1H3/t14-/m1/s1. The van der Waals surface area contributed by atoms with Crippen molar-refractivity contribution in [1.29, 1.82) is 0 Å². The molecular weight excluding hydrogens is 298 g/mol. The van der Waals surface area contributed by atoms with E-state index >= 15 is 0 Å². The van der Waals surface area contributed by atoms with Crippen LogP contribution >= 0.6 is 0 Å². The molecule has 2 heterocycles. The van der Waals surface area contributed by atoms with Crippen LogP contribution in [0, 0.1) is 6.92 Å². The quantitative estimate of drug-likeness (QED) is 0.872. The van der Waals surface area contributed by atoms with Gasteiger partial charge in [-0.1, -0.05) is 18.2 Å². The smallest absolute Gasteiger partial charge is 0.243 e. The van der Waals surface area contributed by atoms with E-state index in [0.717, 1.165) is 24.1 Å². The number of hydrogen-bond donors (Lipinski definition) is 0. The third kappa shape index (κ3) is 2.89. The molecule has 1 aliphatic heterocycles. The molecule has 1 aliphatic rings. The van der Waals surface area contributed by atoms with E-state index in [1.165, 1.54) is 6.33 Å². The van der Waals surface area contributed by atoms with Crippen molar-refractivity contribution in [3.8, 4) is 0 Å². The fourth-order valence-electron chi connectivity index (χ4n) is 2.93. The first-order chi connectivity index (χ1) is 10.6. The maximum absolute atomic E-state index is 12.9. The van der Waals surface area contributed by atoms with E-state index in [9.17, 15) is 8.42 Å². The van der Waals surface area contributed by atoms with Crippen molar-refractivity contribution in [2.45, 2.75) is 30.6 Å². The molecule has 1 aromatic carbocycles. The molecule has 1 fully saturated rings. The van der Waals surface area contributed by atoms with Crippen molar-refractivity contribution >= 4 is 10.0 Å². The fraction of sp³-hybridized carbons (Fsp3) is 0.375. The summed E-state index contributed by atoms with van der Waals surface area (Å²) in [6.07, 6.45) is 5.03. The first-order valence-corrected chi connectivity index (χ1v) is 8.85. The second-order valence-corrected chi connectivity index (χ2v) is 7.51. The lowest BCUT2D eigenvalue weighted by Gasteiger charge is -2.31. The summed E-state index contributed by atoms with van der Waals surface area (Å²) in [5, 5.41) is 0. The van der Waals surface area contributed by atoms with Gasteiger partial charge < -0.3 is 0 Å². The highest BCUT2D eigenvalue weighted by atomic mass is 32.2. The van der Waals surface area contributed by atoms with Crippen LogP contribution in [0.15, 0.2) is 47.8 Å². The van der Waals surface area contributed by atoms with Crippen molar-refractivity contribution in [2.75, 3.05) is 13.1 Å². The molecular formula is C16H19N3O2S. The SMILES string of the molecule is Cc1ccccc1S(=O)(=O)N1CCC[C@@H](c2ccncn2)C1. The third-order valence-corrected chi connectivity index (χ3v) is 6.14. The van der Waals surface area contributed by atoms with Crippen LogP contribution in [0.5, 0.6) is 0 Å². The van der Waals surface area contributed by atoms with E-state index in [1.54, 1.807) is 22.6 Å². The molecule has 1 atom stereocenters. The third-order valence-electron chi connectivity index (χ3n) is 4.12. The molecule has 0 bridgehead atoms. The van der Waals surface area contributed by atoms with E-state index in [2.05, 4.69) is 9.97 Å². The summed E-state index contributed by atoms with van der Waals surface area (Å²) in [6.45, 7) is 2.88. The van der Waals surface area contributed by atoms with Gasteiger partial charge in [0.1, 0.15) is 6.33 Å². The maximum Gasteiger partial charge on any atom is 0.243 e. The second kappa shape index (κ2) is 6.14. The molecule has 116 valence electrons. The number of nitrogens with zero attached hydrogens (tertiary/aromatic N) is 3. The first kappa shape index (κ1) is 15.1. The first-order valence-electron chi connectivity index (χ1n) is 7.41. The Kier molecular flexibility index (Phi) is 4.22. The molecule has 1 saturated heterocycles. The molecule has 0 spiro atoms. The number of rotatable bonds is 3. The fourth-order valence-corrected chi connectivity index (χ4v) is 4.68. The average Bonchev–Trinajstić information content (AvgIpc) is 2.56. The van der Waals surface area contributed by atoms with Crippen molar-refractivity contribution in [1.82, 2.24) is 14.3 Å². The van der Waals surface area contributed by atoms with Gasteiger partial charge in [0.25, 0.3) is 0 Å². The zero-order valence-electron chi connectivity index (χ0n) is 12.5. The van der Waals surface area contributed by atoms with Crippen LogP contribution in [0.4, 0.5) is 0 Å². The minimum absolute atomic E-state index is 0.135. The molecule has 3 rings (SSSR count). The van der Waals surface area contributed by atoms with Gasteiger partial charge in [0.05, 0.1) is 4.90 Å². The van der Waals surface area contributed by atoms with E-state index in [1.807, 2.05) is 25.1 Å². The number of benzene rings is 1. The Labute approximate surface area is 131 Å². The average molecular weight is 317 g/mol. The molecule has 0 aliphatic carbocycles. The number of aryl methyl sites for hydroxylation is 1. The number of hydrogen-bond acceptors (Lipinski definition) is 4. The normalized spacial score (nSPS) is 20.0. The van der Waals surface area contributed by atoms with Crippen LogP contribution in [0.25, 0.3) is 0 Å². The summed E-state index contributed by atoms with van der Waals surface area (Å²) in [7, 11) is -3.44. The Morgan fingerprint density at radius 1 is 1.23 bits per heavy atom. The molecule has 0 N–H and O–H groups in total. The molecule has 0 unspecified atom stereocenters. The predicted molar refractivity (Wildman–Crippen MR) is 83.9 cm³/mol. The molecule has 1 aromatic heterocycles. The molecule has 0 radical (unpaired) electrons. The summed E-state index contributed by atoms with van der Waals surface area (Å²) in [5.41, 5.74) is 1.70. The number of sulfonamides is 1. The van der Waals surface area contributed by atoms with Gasteiger partial charge in [-0.3, -0.25) is 0 Å². The molecule has 0 saturated carbocycles. The highest BCUT2D eigenvalue weighted by Gasteiger charge is 2.32. The summed E-state index contributed by atoms with van der Waals surface area (Å²) in [6, 6.07) is 9.01. The maximum atomic E-state index is 12.9. The van der Waals surface area contributed by atoms with Gasteiger partial charge in [0.2, 0.25) is 10.0 Å². The van der Waals surface area contributed by atoms with Crippen LogP contribution in [-0.2, 0) is 10.0 Å². The summed E-state index contributed by atoms with van der Waals surface area (Å²) < 4.78 is 27.3. The highest BCUT2D eigenvalue weighted by Crippen LogP contribution is 2.29. The van der Waals surface area contributed by atoms with Gasteiger partial charge in [-0.25, -0.2) is 18.4 Å². The molecule has 22 heavy (non-hydrogen) atoms. The Bertz CT molecular complexity index is 747. The van der Waals surface area contributed by atoms with Crippen LogP contribution in [0.1, 0.15) is 30.0 Å². The van der Waals surface area contributed by atoms with Gasteiger partial charge in [0, 0.05) is 30.9 Å². The van der Waals surface area contributed by atoms with Crippen LogP contribution in [0.2, 0.25) is 0 Å². The minimum atomic E-state index is -3.44. The largest absolute Gasteiger partial charge is 0.245 e. The molecule has 6 heteroatoms. The zero-order valence-corrected chi connectivity index (χ0v) is 13.3.